The van der Waals surface area contributed by atoms with Gasteiger partial charge < -0.3 is 5.32 Å². The molecule has 3 aromatic rings. The third-order valence-corrected chi connectivity index (χ3v) is 4.22. The first-order valence-corrected chi connectivity index (χ1v) is 8.90. The van der Waals surface area contributed by atoms with Gasteiger partial charge in [0.05, 0.1) is 12.4 Å². The van der Waals surface area contributed by atoms with Crippen molar-refractivity contribution in [3.8, 4) is 0 Å². The van der Waals surface area contributed by atoms with Gasteiger partial charge in [0.2, 0.25) is 10.9 Å². The minimum atomic E-state index is -3.02. The normalized spacial score (nSPS) is 11.9. The smallest absolute Gasteiger partial charge is 0.257 e. The van der Waals surface area contributed by atoms with Crippen LogP contribution >= 0.6 is 0 Å². The third kappa shape index (κ3) is 3.38. The second kappa shape index (κ2) is 6.41. The summed E-state index contributed by atoms with van der Waals surface area (Å²) in [7, 11) is -1.39. The molecule has 26 heavy (non-hydrogen) atoms. The van der Waals surface area contributed by atoms with Crippen LogP contribution in [0.5, 0.6) is 0 Å². The number of nitrogens with zero attached hydrogens (tertiary/aromatic N) is 6. The van der Waals surface area contributed by atoms with E-state index in [4.69, 9.17) is 0 Å². The van der Waals surface area contributed by atoms with E-state index in [0.717, 1.165) is 4.31 Å². The number of fused-ring (bicyclic) bond motifs is 1. The first-order valence-electron chi connectivity index (χ1n) is 7.77. The molecule has 0 unspecified atom stereocenters. The fourth-order valence-corrected chi connectivity index (χ4v) is 3.05. The zero-order chi connectivity index (χ0) is 19.1. The standard InChI is InChI=1S/C15H19N7O3S/c1-15(2,3)19-14(23)10-9-17-21-8-6-11(18-13(10)21)22(26(24)25)12-5-7-16-20(12)4/h5-9,26H,1-4H3,(H,19,23). The van der Waals surface area contributed by atoms with Crippen molar-refractivity contribution in [3.63, 3.8) is 0 Å². The molecule has 0 aliphatic carbocycles. The number of anilines is 2. The van der Waals surface area contributed by atoms with Crippen LogP contribution in [0, 0.1) is 0 Å². The second-order valence-corrected chi connectivity index (χ2v) is 7.55. The van der Waals surface area contributed by atoms with E-state index in [0.29, 0.717) is 5.82 Å². The van der Waals surface area contributed by atoms with Crippen LogP contribution in [0.15, 0.2) is 30.7 Å². The van der Waals surface area contributed by atoms with Crippen molar-refractivity contribution in [2.24, 2.45) is 7.05 Å². The summed E-state index contributed by atoms with van der Waals surface area (Å²) in [6.45, 7) is 5.59. The Morgan fingerprint density at radius 1 is 1.23 bits per heavy atom. The number of hydrogen-bond acceptors (Lipinski definition) is 6. The van der Waals surface area contributed by atoms with Crippen LogP contribution in [0.25, 0.3) is 5.65 Å². The van der Waals surface area contributed by atoms with E-state index in [2.05, 4.69) is 20.5 Å². The molecule has 1 N–H and O–H groups in total. The molecule has 0 saturated heterocycles. The highest BCUT2D eigenvalue weighted by atomic mass is 32.2. The van der Waals surface area contributed by atoms with Crippen molar-refractivity contribution in [1.29, 1.82) is 0 Å². The number of aryl methyl sites for hydroxylation is 1. The summed E-state index contributed by atoms with van der Waals surface area (Å²) in [4.78, 5) is 16.8. The molecule has 0 atom stereocenters. The molecule has 3 heterocycles. The van der Waals surface area contributed by atoms with Gasteiger partial charge in [-0.3, -0.25) is 9.48 Å². The number of nitrogens with one attached hydrogen (secondary N) is 1. The zero-order valence-corrected chi connectivity index (χ0v) is 15.6. The summed E-state index contributed by atoms with van der Waals surface area (Å²) in [5.41, 5.74) is 0.0864. The van der Waals surface area contributed by atoms with Crippen LogP contribution in [0.1, 0.15) is 31.1 Å². The first kappa shape index (κ1) is 17.9. The maximum absolute atomic E-state index is 12.5. The highest BCUT2D eigenvalue weighted by molar-refractivity contribution is 7.74. The molecule has 0 radical (unpaired) electrons. The number of rotatable bonds is 4. The fraction of sp³-hybridized carbons (Fsp3) is 0.333. The van der Waals surface area contributed by atoms with Crippen LogP contribution in [0.4, 0.5) is 11.6 Å². The van der Waals surface area contributed by atoms with E-state index < -0.39 is 16.4 Å². The van der Waals surface area contributed by atoms with Crippen LogP contribution in [-0.2, 0) is 17.9 Å². The largest absolute Gasteiger partial charge is 0.347 e. The molecule has 3 rings (SSSR count). The molecule has 0 aliphatic rings. The summed E-state index contributed by atoms with van der Waals surface area (Å²) in [5.74, 6) is 0.136. The molecule has 1 amide bonds. The summed E-state index contributed by atoms with van der Waals surface area (Å²) in [6, 6.07) is 3.06. The second-order valence-electron chi connectivity index (χ2n) is 6.68. The van der Waals surface area contributed by atoms with E-state index in [1.807, 2.05) is 20.8 Å². The molecular formula is C15H19N7O3S. The van der Waals surface area contributed by atoms with Gasteiger partial charge in [0, 0.05) is 30.9 Å². The fourth-order valence-electron chi connectivity index (χ4n) is 2.40. The van der Waals surface area contributed by atoms with E-state index in [9.17, 15) is 13.2 Å². The van der Waals surface area contributed by atoms with Crippen LogP contribution in [0.2, 0.25) is 0 Å². The predicted octanol–water partition coefficient (Wildman–Crippen LogP) is 0.656. The molecule has 3 aromatic heterocycles. The quantitative estimate of drug-likeness (QED) is 0.646. The highest BCUT2D eigenvalue weighted by Gasteiger charge is 2.22. The van der Waals surface area contributed by atoms with Crippen molar-refractivity contribution < 1.29 is 13.2 Å². The van der Waals surface area contributed by atoms with Gasteiger partial charge >= 0.3 is 0 Å². The Kier molecular flexibility index (Phi) is 4.40. The molecular weight excluding hydrogens is 358 g/mol. The lowest BCUT2D eigenvalue weighted by Crippen LogP contribution is -2.40. The summed E-state index contributed by atoms with van der Waals surface area (Å²) in [5, 5.41) is 10.9. The summed E-state index contributed by atoms with van der Waals surface area (Å²) in [6.07, 6.45) is 4.44. The van der Waals surface area contributed by atoms with Crippen molar-refractivity contribution in [2.45, 2.75) is 26.3 Å². The topological polar surface area (TPSA) is 114 Å². The maximum atomic E-state index is 12.5. The van der Waals surface area contributed by atoms with Gasteiger partial charge in [-0.2, -0.15) is 10.2 Å². The number of aromatic nitrogens is 5. The van der Waals surface area contributed by atoms with E-state index in [1.165, 1.54) is 27.7 Å². The first-order chi connectivity index (χ1) is 12.2. The van der Waals surface area contributed by atoms with Crippen molar-refractivity contribution in [2.75, 3.05) is 4.31 Å². The molecule has 0 saturated carbocycles. The monoisotopic (exact) mass is 377 g/mol. The van der Waals surface area contributed by atoms with E-state index in [1.54, 1.807) is 19.3 Å². The average molecular weight is 377 g/mol. The lowest BCUT2D eigenvalue weighted by molar-refractivity contribution is 0.0921. The number of hydrogen-bond donors (Lipinski definition) is 2. The molecule has 0 aliphatic heterocycles. The van der Waals surface area contributed by atoms with Crippen molar-refractivity contribution in [1.82, 2.24) is 29.7 Å². The molecule has 138 valence electrons. The summed E-state index contributed by atoms with van der Waals surface area (Å²) >= 11 is 0. The lowest BCUT2D eigenvalue weighted by atomic mass is 10.1. The lowest BCUT2D eigenvalue weighted by Gasteiger charge is -2.20. The van der Waals surface area contributed by atoms with Crippen LogP contribution in [0.3, 0.4) is 0 Å². The predicted molar refractivity (Wildman–Crippen MR) is 95.9 cm³/mol. The minimum absolute atomic E-state index is 0.141. The number of carbonyl (C=O) groups excluding carboxylic acids is 1. The number of amides is 1. The molecule has 0 spiro atoms. The van der Waals surface area contributed by atoms with Crippen molar-refractivity contribution in [3.05, 3.63) is 36.3 Å². The van der Waals surface area contributed by atoms with E-state index in [-0.39, 0.29) is 22.9 Å². The molecule has 0 bridgehead atoms. The third-order valence-electron chi connectivity index (χ3n) is 3.48. The Morgan fingerprint density at radius 3 is 2.54 bits per heavy atom. The Hall–Kier alpha value is -2.95. The van der Waals surface area contributed by atoms with Gasteiger partial charge in [-0.25, -0.2) is 22.2 Å². The Bertz CT molecular complexity index is 1040. The Balaban J connectivity index is 2.09. The van der Waals surface area contributed by atoms with Gasteiger partial charge in [-0.15, -0.1) is 0 Å². The van der Waals surface area contributed by atoms with Crippen LogP contribution < -0.4 is 9.62 Å². The highest BCUT2D eigenvalue weighted by Crippen LogP contribution is 2.24. The van der Waals surface area contributed by atoms with E-state index >= 15 is 0 Å². The summed E-state index contributed by atoms with van der Waals surface area (Å²) < 4.78 is 27.5. The Morgan fingerprint density at radius 2 is 1.96 bits per heavy atom. The molecule has 10 nitrogen and oxygen atoms in total. The number of thiol groups is 1. The molecule has 0 aromatic carbocycles. The van der Waals surface area contributed by atoms with Gasteiger partial charge in [0.25, 0.3) is 5.91 Å². The van der Waals surface area contributed by atoms with Gasteiger partial charge in [-0.05, 0) is 20.8 Å². The van der Waals surface area contributed by atoms with Crippen LogP contribution in [-0.4, -0.2) is 44.2 Å². The minimum Gasteiger partial charge on any atom is -0.347 e. The Labute approximate surface area is 151 Å². The zero-order valence-electron chi connectivity index (χ0n) is 14.7. The number of carbonyl (C=O) groups is 1. The van der Waals surface area contributed by atoms with Crippen molar-refractivity contribution >= 4 is 34.1 Å². The van der Waals surface area contributed by atoms with Gasteiger partial charge in [0.15, 0.2) is 11.5 Å². The maximum Gasteiger partial charge on any atom is 0.257 e. The SMILES string of the molecule is Cn1nccc1N(c1ccn2ncc(C(=O)NC(C)(C)C)c2n1)[SH](=O)=O. The van der Waals surface area contributed by atoms with Gasteiger partial charge in [0.1, 0.15) is 11.4 Å². The average Bonchev–Trinajstić information content (AvgIpc) is 3.12. The molecule has 11 heteroatoms. The molecule has 0 fully saturated rings. The van der Waals surface area contributed by atoms with Gasteiger partial charge in [-0.1, -0.05) is 0 Å².